The smallest absolute Gasteiger partial charge is 0.261 e. The highest BCUT2D eigenvalue weighted by Gasteiger charge is 2.15. The highest BCUT2D eigenvalue weighted by atomic mass is 16.5. The van der Waals surface area contributed by atoms with Gasteiger partial charge in [0, 0.05) is 13.1 Å². The Morgan fingerprint density at radius 3 is 3.21 bits per heavy atom. The minimum Gasteiger partial charge on any atom is -0.374 e. The van der Waals surface area contributed by atoms with E-state index in [2.05, 4.69) is 10.3 Å². The summed E-state index contributed by atoms with van der Waals surface area (Å²) in [6, 6.07) is 5.73. The number of aromatic nitrogens is 2. The monoisotopic (exact) mass is 259 g/mol. The van der Waals surface area contributed by atoms with Gasteiger partial charge in [-0.1, -0.05) is 12.1 Å². The molecular weight excluding hydrogens is 242 g/mol. The van der Waals surface area contributed by atoms with Gasteiger partial charge in [-0.15, -0.1) is 0 Å². The van der Waals surface area contributed by atoms with Gasteiger partial charge < -0.3 is 10.1 Å². The number of hydrogen-bond donors (Lipinski definition) is 1. The molecule has 0 saturated carbocycles. The average molecular weight is 259 g/mol. The molecule has 100 valence electrons. The maximum atomic E-state index is 12.5. The summed E-state index contributed by atoms with van der Waals surface area (Å²) >= 11 is 0. The van der Waals surface area contributed by atoms with E-state index in [1.807, 2.05) is 25.1 Å². The van der Waals surface area contributed by atoms with E-state index in [0.717, 1.165) is 24.2 Å². The topological polar surface area (TPSA) is 56.1 Å². The number of hydrogen-bond acceptors (Lipinski definition) is 4. The molecule has 0 amide bonds. The van der Waals surface area contributed by atoms with Crippen LogP contribution in [0.4, 0.5) is 0 Å². The van der Waals surface area contributed by atoms with Crippen LogP contribution in [0.1, 0.15) is 5.56 Å². The Labute approximate surface area is 111 Å². The molecule has 5 heteroatoms. The molecule has 2 aromatic rings. The highest BCUT2D eigenvalue weighted by Crippen LogP contribution is 2.11. The van der Waals surface area contributed by atoms with E-state index in [1.165, 1.54) is 0 Å². The molecule has 2 heterocycles. The van der Waals surface area contributed by atoms with Crippen LogP contribution in [0.5, 0.6) is 0 Å². The fourth-order valence-corrected chi connectivity index (χ4v) is 2.45. The first-order chi connectivity index (χ1) is 9.25. The Kier molecular flexibility index (Phi) is 3.31. The van der Waals surface area contributed by atoms with Crippen LogP contribution in [0.3, 0.4) is 0 Å². The minimum atomic E-state index is 0.0114. The zero-order valence-corrected chi connectivity index (χ0v) is 10.9. The lowest BCUT2D eigenvalue weighted by Crippen LogP contribution is -2.42. The van der Waals surface area contributed by atoms with Crippen molar-refractivity contribution in [2.75, 3.05) is 19.7 Å². The van der Waals surface area contributed by atoms with Crippen molar-refractivity contribution in [1.82, 2.24) is 14.9 Å². The van der Waals surface area contributed by atoms with Crippen LogP contribution >= 0.6 is 0 Å². The molecule has 5 nitrogen and oxygen atoms in total. The third-order valence-electron chi connectivity index (χ3n) is 3.47. The van der Waals surface area contributed by atoms with Crippen molar-refractivity contribution in [2.45, 2.75) is 19.6 Å². The van der Waals surface area contributed by atoms with Crippen molar-refractivity contribution in [3.8, 4) is 0 Å². The Morgan fingerprint density at radius 1 is 1.53 bits per heavy atom. The second-order valence-electron chi connectivity index (χ2n) is 4.87. The van der Waals surface area contributed by atoms with Crippen molar-refractivity contribution in [3.63, 3.8) is 0 Å². The van der Waals surface area contributed by atoms with Crippen molar-refractivity contribution < 1.29 is 4.74 Å². The Morgan fingerprint density at radius 2 is 2.42 bits per heavy atom. The highest BCUT2D eigenvalue weighted by molar-refractivity contribution is 5.80. The van der Waals surface area contributed by atoms with E-state index in [0.29, 0.717) is 18.5 Å². The number of benzene rings is 1. The molecule has 1 unspecified atom stereocenters. The van der Waals surface area contributed by atoms with Crippen molar-refractivity contribution in [2.24, 2.45) is 0 Å². The van der Waals surface area contributed by atoms with Gasteiger partial charge in [0.25, 0.3) is 5.56 Å². The molecule has 1 aromatic carbocycles. The van der Waals surface area contributed by atoms with Gasteiger partial charge in [0.05, 0.1) is 36.5 Å². The SMILES string of the molecule is Cc1cccc2ncn(CC3CNCCO3)c(=O)c12. The van der Waals surface area contributed by atoms with Crippen LogP contribution in [-0.2, 0) is 11.3 Å². The van der Waals surface area contributed by atoms with Gasteiger partial charge >= 0.3 is 0 Å². The standard InChI is InChI=1S/C14H17N3O2/c1-10-3-2-4-12-13(10)14(18)17(9-16-12)8-11-7-15-5-6-19-11/h2-4,9,11,15H,5-8H2,1H3. The van der Waals surface area contributed by atoms with E-state index in [4.69, 9.17) is 4.74 Å². The summed E-state index contributed by atoms with van der Waals surface area (Å²) in [6.07, 6.45) is 1.65. The van der Waals surface area contributed by atoms with Gasteiger partial charge in [-0.25, -0.2) is 4.98 Å². The molecule has 1 N–H and O–H groups in total. The molecule has 0 aliphatic carbocycles. The van der Waals surface area contributed by atoms with E-state index >= 15 is 0 Å². The predicted octanol–water partition coefficient (Wildman–Crippen LogP) is 0.693. The first-order valence-corrected chi connectivity index (χ1v) is 6.53. The Hall–Kier alpha value is -1.72. The molecule has 19 heavy (non-hydrogen) atoms. The van der Waals surface area contributed by atoms with Gasteiger partial charge in [0.1, 0.15) is 0 Å². The summed E-state index contributed by atoms with van der Waals surface area (Å²) in [4.78, 5) is 16.8. The maximum absolute atomic E-state index is 12.5. The zero-order valence-electron chi connectivity index (χ0n) is 10.9. The van der Waals surface area contributed by atoms with E-state index in [1.54, 1.807) is 10.9 Å². The van der Waals surface area contributed by atoms with Gasteiger partial charge in [0.15, 0.2) is 0 Å². The quantitative estimate of drug-likeness (QED) is 0.862. The lowest BCUT2D eigenvalue weighted by molar-refractivity contribution is 0.0175. The number of rotatable bonds is 2. The van der Waals surface area contributed by atoms with Crippen molar-refractivity contribution in [3.05, 3.63) is 40.4 Å². The van der Waals surface area contributed by atoms with Gasteiger partial charge in [-0.2, -0.15) is 0 Å². The first kappa shape index (κ1) is 12.3. The van der Waals surface area contributed by atoms with Crippen LogP contribution in [0, 0.1) is 6.92 Å². The molecule has 3 rings (SSSR count). The number of fused-ring (bicyclic) bond motifs is 1. The third-order valence-corrected chi connectivity index (χ3v) is 3.47. The molecule has 0 spiro atoms. The molecule has 1 aromatic heterocycles. The molecule has 1 atom stereocenters. The Balaban J connectivity index is 1.98. The molecule has 1 saturated heterocycles. The first-order valence-electron chi connectivity index (χ1n) is 6.53. The summed E-state index contributed by atoms with van der Waals surface area (Å²) in [7, 11) is 0. The largest absolute Gasteiger partial charge is 0.374 e. The van der Waals surface area contributed by atoms with Gasteiger partial charge in [0.2, 0.25) is 0 Å². The number of nitrogens with zero attached hydrogens (tertiary/aromatic N) is 2. The van der Waals surface area contributed by atoms with Crippen LogP contribution in [-0.4, -0.2) is 35.4 Å². The Bertz CT molecular complexity index is 645. The average Bonchev–Trinajstić information content (AvgIpc) is 2.43. The number of ether oxygens (including phenoxy) is 1. The lowest BCUT2D eigenvalue weighted by Gasteiger charge is -2.24. The second-order valence-corrected chi connectivity index (χ2v) is 4.87. The molecule has 1 aliphatic rings. The van der Waals surface area contributed by atoms with E-state index < -0.39 is 0 Å². The summed E-state index contributed by atoms with van der Waals surface area (Å²) in [5, 5.41) is 3.96. The second kappa shape index (κ2) is 5.11. The molecule has 0 radical (unpaired) electrons. The predicted molar refractivity (Wildman–Crippen MR) is 73.3 cm³/mol. The third kappa shape index (κ3) is 2.39. The maximum Gasteiger partial charge on any atom is 0.261 e. The lowest BCUT2D eigenvalue weighted by atomic mass is 10.1. The van der Waals surface area contributed by atoms with E-state index in [9.17, 15) is 4.79 Å². The van der Waals surface area contributed by atoms with Crippen molar-refractivity contribution in [1.29, 1.82) is 0 Å². The summed E-state index contributed by atoms with van der Waals surface area (Å²) in [5.41, 5.74) is 1.73. The van der Waals surface area contributed by atoms with Crippen molar-refractivity contribution >= 4 is 10.9 Å². The van der Waals surface area contributed by atoms with Gasteiger partial charge in [-0.05, 0) is 18.6 Å². The van der Waals surface area contributed by atoms with Crippen LogP contribution < -0.4 is 10.9 Å². The van der Waals surface area contributed by atoms with Gasteiger partial charge in [-0.3, -0.25) is 9.36 Å². The molecule has 1 fully saturated rings. The summed E-state index contributed by atoms with van der Waals surface area (Å²) in [5.74, 6) is 0. The fourth-order valence-electron chi connectivity index (χ4n) is 2.45. The van der Waals surface area contributed by atoms with Crippen LogP contribution in [0.2, 0.25) is 0 Å². The summed E-state index contributed by atoms with van der Waals surface area (Å²) < 4.78 is 7.28. The molecule has 0 bridgehead atoms. The van der Waals surface area contributed by atoms with E-state index in [-0.39, 0.29) is 11.7 Å². The molecular formula is C14H17N3O2. The number of nitrogens with one attached hydrogen (secondary N) is 1. The number of aryl methyl sites for hydroxylation is 1. The fraction of sp³-hybridized carbons (Fsp3) is 0.429. The summed E-state index contributed by atoms with van der Waals surface area (Å²) in [6.45, 7) is 4.83. The number of morpholine rings is 1. The minimum absolute atomic E-state index is 0.0114. The van der Waals surface area contributed by atoms with Crippen LogP contribution in [0.25, 0.3) is 10.9 Å². The molecule has 1 aliphatic heterocycles. The van der Waals surface area contributed by atoms with Crippen LogP contribution in [0.15, 0.2) is 29.3 Å². The normalized spacial score (nSPS) is 19.7. The zero-order chi connectivity index (χ0) is 13.2.